The molecule has 6 heteroatoms. The fraction of sp³-hybridized carbons (Fsp3) is 0.346. The molecule has 0 aliphatic carbocycles. The minimum Gasteiger partial charge on any atom is -0.383 e. The number of anilines is 1. The van der Waals surface area contributed by atoms with Gasteiger partial charge < -0.3 is 11.1 Å². The first-order valence-electron chi connectivity index (χ1n) is 11.6. The van der Waals surface area contributed by atoms with Crippen LogP contribution in [0.25, 0.3) is 28.0 Å². The first-order chi connectivity index (χ1) is 15.7. The maximum absolute atomic E-state index is 6.64. The van der Waals surface area contributed by atoms with Crippen molar-refractivity contribution >= 4 is 11.5 Å². The minimum absolute atomic E-state index is 0.456. The molecule has 6 nitrogen and oxygen atoms in total. The summed E-state index contributed by atoms with van der Waals surface area (Å²) in [5, 5.41) is 8.35. The van der Waals surface area contributed by atoms with E-state index < -0.39 is 0 Å². The zero-order valence-electron chi connectivity index (χ0n) is 18.3. The highest BCUT2D eigenvalue weighted by atomic mass is 15.3. The molecule has 2 aliphatic heterocycles. The molecule has 4 aromatic rings. The van der Waals surface area contributed by atoms with E-state index in [1.54, 1.807) is 4.52 Å². The van der Waals surface area contributed by atoms with Crippen LogP contribution in [0.15, 0.2) is 54.9 Å². The van der Waals surface area contributed by atoms with Crippen LogP contribution >= 0.6 is 0 Å². The lowest BCUT2D eigenvalue weighted by atomic mass is 9.86. The van der Waals surface area contributed by atoms with Crippen molar-refractivity contribution in [3.05, 3.63) is 66.1 Å². The van der Waals surface area contributed by atoms with Crippen LogP contribution in [-0.4, -0.2) is 31.7 Å². The number of rotatable bonds is 4. The molecule has 2 fully saturated rings. The number of aromatic nitrogens is 4. The Morgan fingerprint density at radius 1 is 1.00 bits per heavy atom. The van der Waals surface area contributed by atoms with E-state index in [2.05, 4.69) is 41.6 Å². The number of nitrogens with two attached hydrogens (primary N) is 1. The Kier molecular flexibility index (Phi) is 4.68. The molecule has 162 valence electrons. The van der Waals surface area contributed by atoms with Gasteiger partial charge in [0.05, 0.1) is 17.6 Å². The summed E-state index contributed by atoms with van der Waals surface area (Å²) in [6, 6.07) is 15.6. The maximum atomic E-state index is 6.64. The molecule has 0 amide bonds. The summed E-state index contributed by atoms with van der Waals surface area (Å²) in [7, 11) is 0. The average Bonchev–Trinajstić information content (AvgIpc) is 3.42. The Bertz CT molecular complexity index is 1250. The summed E-state index contributed by atoms with van der Waals surface area (Å²) >= 11 is 0. The molecule has 2 saturated heterocycles. The molecule has 6 rings (SSSR count). The SMILES string of the molecule is CCc1c([C@H]2C[C@H]3CC[C@@H](C2)N3)nc2c(-c3ccc(-c4ccccc4)nc3)cnn2c1N. The molecule has 32 heavy (non-hydrogen) atoms. The Labute approximate surface area is 187 Å². The van der Waals surface area contributed by atoms with Crippen molar-refractivity contribution in [2.75, 3.05) is 5.73 Å². The van der Waals surface area contributed by atoms with Crippen LogP contribution in [0.2, 0.25) is 0 Å². The van der Waals surface area contributed by atoms with Crippen LogP contribution in [-0.2, 0) is 6.42 Å². The van der Waals surface area contributed by atoms with Gasteiger partial charge in [-0.2, -0.15) is 9.61 Å². The summed E-state index contributed by atoms with van der Waals surface area (Å²) in [6.45, 7) is 2.16. The van der Waals surface area contributed by atoms with Gasteiger partial charge in [-0.05, 0) is 38.2 Å². The third-order valence-electron chi connectivity index (χ3n) is 7.17. The zero-order valence-corrected chi connectivity index (χ0v) is 18.3. The molecule has 3 atom stereocenters. The molecule has 1 aromatic carbocycles. The van der Waals surface area contributed by atoms with Crippen molar-refractivity contribution in [2.45, 2.75) is 57.0 Å². The van der Waals surface area contributed by atoms with Crippen LogP contribution in [0.3, 0.4) is 0 Å². The fourth-order valence-corrected chi connectivity index (χ4v) is 5.58. The van der Waals surface area contributed by atoms with Gasteiger partial charge in [0, 0.05) is 46.5 Å². The lowest BCUT2D eigenvalue weighted by Gasteiger charge is -2.30. The summed E-state index contributed by atoms with van der Waals surface area (Å²) in [5.41, 5.74) is 13.8. The highest BCUT2D eigenvalue weighted by molar-refractivity contribution is 5.79. The Hall–Kier alpha value is -3.25. The maximum Gasteiger partial charge on any atom is 0.165 e. The number of nitrogens with one attached hydrogen (secondary N) is 1. The van der Waals surface area contributed by atoms with Crippen molar-refractivity contribution in [2.24, 2.45) is 0 Å². The van der Waals surface area contributed by atoms with Crippen LogP contribution in [0.4, 0.5) is 5.82 Å². The quantitative estimate of drug-likeness (QED) is 0.500. The van der Waals surface area contributed by atoms with E-state index in [4.69, 9.17) is 15.7 Å². The summed E-state index contributed by atoms with van der Waals surface area (Å²) in [4.78, 5) is 9.91. The van der Waals surface area contributed by atoms with Gasteiger partial charge in [0.2, 0.25) is 0 Å². The smallest absolute Gasteiger partial charge is 0.165 e. The van der Waals surface area contributed by atoms with E-state index in [1.807, 2.05) is 30.6 Å². The lowest BCUT2D eigenvalue weighted by molar-refractivity contribution is 0.358. The van der Waals surface area contributed by atoms with Gasteiger partial charge in [-0.3, -0.25) is 4.98 Å². The van der Waals surface area contributed by atoms with E-state index >= 15 is 0 Å². The van der Waals surface area contributed by atoms with Gasteiger partial charge in [-0.25, -0.2) is 4.98 Å². The second-order valence-electron chi connectivity index (χ2n) is 9.11. The second-order valence-corrected chi connectivity index (χ2v) is 9.11. The number of benzene rings is 1. The summed E-state index contributed by atoms with van der Waals surface area (Å²) in [6.07, 6.45) is 9.48. The summed E-state index contributed by atoms with van der Waals surface area (Å²) in [5.74, 6) is 1.18. The Morgan fingerprint density at radius 3 is 2.47 bits per heavy atom. The molecule has 0 radical (unpaired) electrons. The van der Waals surface area contributed by atoms with Gasteiger partial charge >= 0.3 is 0 Å². The van der Waals surface area contributed by atoms with E-state index in [0.717, 1.165) is 58.7 Å². The first-order valence-corrected chi connectivity index (χ1v) is 11.6. The molecular weight excluding hydrogens is 396 g/mol. The Balaban J connectivity index is 1.43. The van der Waals surface area contributed by atoms with Crippen LogP contribution in [0.1, 0.15) is 49.8 Å². The number of fused-ring (bicyclic) bond motifs is 3. The van der Waals surface area contributed by atoms with E-state index in [-0.39, 0.29) is 0 Å². The zero-order chi connectivity index (χ0) is 21.7. The van der Waals surface area contributed by atoms with Crippen LogP contribution < -0.4 is 11.1 Å². The van der Waals surface area contributed by atoms with Gasteiger partial charge in [0.1, 0.15) is 5.82 Å². The third-order valence-corrected chi connectivity index (χ3v) is 7.17. The fourth-order valence-electron chi connectivity index (χ4n) is 5.58. The third kappa shape index (κ3) is 3.17. The highest BCUT2D eigenvalue weighted by Crippen LogP contribution is 2.40. The van der Waals surface area contributed by atoms with E-state index in [1.165, 1.54) is 18.5 Å². The predicted molar refractivity (Wildman–Crippen MR) is 127 cm³/mol. The minimum atomic E-state index is 0.456. The molecule has 3 N–H and O–H groups in total. The largest absolute Gasteiger partial charge is 0.383 e. The number of nitrogens with zero attached hydrogens (tertiary/aromatic N) is 4. The topological polar surface area (TPSA) is 81.1 Å². The molecule has 5 heterocycles. The van der Waals surface area contributed by atoms with E-state index in [9.17, 15) is 0 Å². The van der Waals surface area contributed by atoms with Crippen LogP contribution in [0, 0.1) is 0 Å². The molecule has 3 aromatic heterocycles. The number of hydrogen-bond donors (Lipinski definition) is 2. The van der Waals surface area contributed by atoms with Crippen molar-refractivity contribution in [1.29, 1.82) is 0 Å². The standard InChI is InChI=1S/C26H28N6/c1-2-21-24(18-12-19-9-10-20(13-18)30-19)31-26-22(15-29-32(26)25(21)27)17-8-11-23(28-14-17)16-6-4-3-5-7-16/h3-8,11,14-15,18-20,30H,2,9-10,12-13,27H2,1H3/t18-,19+,20-. The number of piperidine rings is 1. The molecule has 2 aliphatic rings. The normalized spacial score (nSPS) is 22.5. The molecule has 2 bridgehead atoms. The van der Waals surface area contributed by atoms with Gasteiger partial charge in [0.25, 0.3) is 0 Å². The van der Waals surface area contributed by atoms with Gasteiger partial charge in [0.15, 0.2) is 5.65 Å². The average molecular weight is 425 g/mol. The van der Waals surface area contributed by atoms with Crippen molar-refractivity contribution < 1.29 is 0 Å². The van der Waals surface area contributed by atoms with E-state index in [0.29, 0.717) is 18.0 Å². The first kappa shape index (κ1) is 19.4. The number of hydrogen-bond acceptors (Lipinski definition) is 5. The predicted octanol–water partition coefficient (Wildman–Crippen LogP) is 4.60. The molecule has 0 unspecified atom stereocenters. The lowest BCUT2D eigenvalue weighted by Crippen LogP contribution is -2.37. The molecule has 0 spiro atoms. The highest BCUT2D eigenvalue weighted by Gasteiger charge is 2.36. The summed E-state index contributed by atoms with van der Waals surface area (Å²) < 4.78 is 1.80. The van der Waals surface area contributed by atoms with Gasteiger partial charge in [-0.15, -0.1) is 0 Å². The molecule has 0 saturated carbocycles. The second kappa shape index (κ2) is 7.71. The Morgan fingerprint density at radius 2 is 1.78 bits per heavy atom. The molecular formula is C26H28N6. The van der Waals surface area contributed by atoms with Crippen molar-refractivity contribution in [3.8, 4) is 22.4 Å². The monoisotopic (exact) mass is 424 g/mol. The van der Waals surface area contributed by atoms with Crippen LogP contribution in [0.5, 0.6) is 0 Å². The van der Waals surface area contributed by atoms with Crippen molar-refractivity contribution in [3.63, 3.8) is 0 Å². The van der Waals surface area contributed by atoms with Gasteiger partial charge in [-0.1, -0.05) is 43.3 Å². The van der Waals surface area contributed by atoms with Crippen molar-refractivity contribution in [1.82, 2.24) is 24.9 Å². The number of pyridine rings is 1. The number of nitrogen functional groups attached to an aromatic ring is 1.